The molecule has 6 rings (SSSR count). The highest BCUT2D eigenvalue weighted by Crippen LogP contribution is 2.39. The zero-order valence-electron chi connectivity index (χ0n) is 19.8. The smallest absolute Gasteiger partial charge is 0.259 e. The van der Waals surface area contributed by atoms with Crippen LogP contribution in [0, 0.1) is 12.7 Å². The van der Waals surface area contributed by atoms with Gasteiger partial charge in [0.15, 0.2) is 11.6 Å². The van der Waals surface area contributed by atoms with Crippen LogP contribution in [0.5, 0.6) is 11.5 Å². The minimum absolute atomic E-state index is 0.335. The molecule has 9 nitrogen and oxygen atoms in total. The summed E-state index contributed by atoms with van der Waals surface area (Å²) in [6.45, 7) is 3.83. The van der Waals surface area contributed by atoms with Crippen LogP contribution >= 0.6 is 23.3 Å². The normalized spacial score (nSPS) is 14.2. The summed E-state index contributed by atoms with van der Waals surface area (Å²) in [5.41, 5.74) is 1.25. The maximum Gasteiger partial charge on any atom is 0.259 e. The molecule has 1 fully saturated rings. The second kappa shape index (κ2) is 10.4. The number of rotatable bonds is 7. The molecule has 1 aromatic carbocycles. The van der Waals surface area contributed by atoms with Gasteiger partial charge in [0.2, 0.25) is 5.13 Å². The Hall–Kier alpha value is -3.61. The molecule has 1 aliphatic heterocycles. The summed E-state index contributed by atoms with van der Waals surface area (Å²) in [4.78, 5) is 15.4. The topological polar surface area (TPSA) is 111 Å². The van der Waals surface area contributed by atoms with Crippen LogP contribution < -0.4 is 15.4 Å². The van der Waals surface area contributed by atoms with Gasteiger partial charge in [0.1, 0.15) is 17.4 Å². The molecule has 12 heteroatoms. The second-order valence-electron chi connectivity index (χ2n) is 8.54. The van der Waals surface area contributed by atoms with Crippen molar-refractivity contribution in [3.63, 3.8) is 0 Å². The average molecular weight is 536 g/mol. The standard InChI is InChI=1S/C25H22FN7O2S2/c1-14-21-20(8-11-28-24(21)35-32-14)36-18-12-19(34-17-4-2-16(26)3-5-17)23(29-13-18)31-25-30-22(33-37-25)15-6-9-27-10-7-15/h2-5,8,11-13,15,27H,6-7,9-10H2,1H3,(H,29,30,31,33). The maximum absolute atomic E-state index is 13.5. The van der Waals surface area contributed by atoms with E-state index in [4.69, 9.17) is 14.2 Å². The van der Waals surface area contributed by atoms with E-state index in [1.807, 2.05) is 19.1 Å². The van der Waals surface area contributed by atoms with E-state index >= 15 is 0 Å². The number of aromatic nitrogens is 5. The Kier molecular flexibility index (Phi) is 6.68. The van der Waals surface area contributed by atoms with E-state index < -0.39 is 0 Å². The van der Waals surface area contributed by atoms with Crippen LogP contribution in [0.3, 0.4) is 0 Å². The lowest BCUT2D eigenvalue weighted by molar-refractivity contribution is 0.443. The summed E-state index contributed by atoms with van der Waals surface area (Å²) in [5.74, 6) is 2.33. The number of pyridine rings is 2. The first-order valence-corrected chi connectivity index (χ1v) is 13.3. The van der Waals surface area contributed by atoms with Gasteiger partial charge in [-0.1, -0.05) is 16.9 Å². The molecule has 37 heavy (non-hydrogen) atoms. The quantitative estimate of drug-likeness (QED) is 0.255. The molecule has 0 aliphatic carbocycles. The summed E-state index contributed by atoms with van der Waals surface area (Å²) in [6.07, 6.45) is 5.48. The number of hydrogen-bond donors (Lipinski definition) is 2. The minimum atomic E-state index is -0.335. The third-order valence-electron chi connectivity index (χ3n) is 5.98. The van der Waals surface area contributed by atoms with Crippen LogP contribution in [0.2, 0.25) is 0 Å². The predicted molar refractivity (Wildman–Crippen MR) is 139 cm³/mol. The molecular formula is C25H22FN7O2S2. The fraction of sp³-hybridized carbons (Fsp3) is 0.240. The molecule has 0 radical (unpaired) electrons. The summed E-state index contributed by atoms with van der Waals surface area (Å²) in [5, 5.41) is 12.2. The van der Waals surface area contributed by atoms with Crippen LogP contribution in [-0.2, 0) is 0 Å². The lowest BCUT2D eigenvalue weighted by Crippen LogP contribution is -2.27. The monoisotopic (exact) mass is 535 g/mol. The van der Waals surface area contributed by atoms with Gasteiger partial charge in [0, 0.05) is 45.7 Å². The zero-order valence-corrected chi connectivity index (χ0v) is 21.4. The Morgan fingerprint density at radius 2 is 2.00 bits per heavy atom. The second-order valence-corrected chi connectivity index (χ2v) is 10.4. The van der Waals surface area contributed by atoms with E-state index in [2.05, 4.69) is 30.1 Å². The van der Waals surface area contributed by atoms with Gasteiger partial charge in [-0.05, 0) is 63.2 Å². The fourth-order valence-corrected chi connectivity index (χ4v) is 5.75. The summed E-state index contributed by atoms with van der Waals surface area (Å²) >= 11 is 2.80. The summed E-state index contributed by atoms with van der Waals surface area (Å²) in [7, 11) is 0. The first-order valence-electron chi connectivity index (χ1n) is 11.8. The van der Waals surface area contributed by atoms with E-state index in [-0.39, 0.29) is 5.82 Å². The first kappa shape index (κ1) is 23.8. The molecule has 5 aromatic rings. The van der Waals surface area contributed by atoms with Crippen molar-refractivity contribution in [2.75, 3.05) is 18.4 Å². The third-order valence-corrected chi connectivity index (χ3v) is 7.64. The van der Waals surface area contributed by atoms with Crippen molar-refractivity contribution >= 4 is 45.3 Å². The lowest BCUT2D eigenvalue weighted by atomic mass is 9.98. The van der Waals surface area contributed by atoms with Gasteiger partial charge in [-0.3, -0.25) is 0 Å². The number of ether oxygens (including phenoxy) is 1. The van der Waals surface area contributed by atoms with Crippen LogP contribution in [0.1, 0.15) is 30.3 Å². The van der Waals surface area contributed by atoms with Gasteiger partial charge in [0.25, 0.3) is 5.71 Å². The van der Waals surface area contributed by atoms with Gasteiger partial charge in [-0.25, -0.2) is 19.3 Å². The SMILES string of the molecule is Cc1noc2nccc(Sc3cnc(Nc4nc(C5CCNCC5)ns4)c(Oc4ccc(F)cc4)c3)c12. The lowest BCUT2D eigenvalue weighted by Gasteiger charge is -2.19. The number of nitrogens with one attached hydrogen (secondary N) is 2. The fourth-order valence-electron chi connectivity index (χ4n) is 4.11. The van der Waals surface area contributed by atoms with Crippen LogP contribution in [0.4, 0.5) is 15.3 Å². The van der Waals surface area contributed by atoms with E-state index in [1.165, 1.54) is 35.4 Å². The molecule has 0 amide bonds. The van der Waals surface area contributed by atoms with Gasteiger partial charge >= 0.3 is 0 Å². The molecule has 0 saturated carbocycles. The van der Waals surface area contributed by atoms with Crippen molar-refractivity contribution in [1.29, 1.82) is 0 Å². The molecule has 4 aromatic heterocycles. The summed E-state index contributed by atoms with van der Waals surface area (Å²) in [6, 6.07) is 9.65. The van der Waals surface area contributed by atoms with Crippen LogP contribution in [-0.4, -0.2) is 37.6 Å². The Morgan fingerprint density at radius 1 is 1.16 bits per heavy atom. The molecule has 0 bridgehead atoms. The van der Waals surface area contributed by atoms with Crippen molar-refractivity contribution < 1.29 is 13.7 Å². The van der Waals surface area contributed by atoms with E-state index in [0.29, 0.717) is 34.1 Å². The predicted octanol–water partition coefficient (Wildman–Crippen LogP) is 6.07. The van der Waals surface area contributed by atoms with Gasteiger partial charge in [-0.2, -0.15) is 4.37 Å². The molecule has 5 heterocycles. The number of anilines is 2. The van der Waals surface area contributed by atoms with Crippen molar-refractivity contribution in [2.24, 2.45) is 0 Å². The van der Waals surface area contributed by atoms with Crippen molar-refractivity contribution in [1.82, 2.24) is 29.8 Å². The van der Waals surface area contributed by atoms with Gasteiger partial charge in [-0.15, -0.1) is 0 Å². The number of piperidine rings is 1. The van der Waals surface area contributed by atoms with Gasteiger partial charge < -0.3 is 19.9 Å². The number of aryl methyl sites for hydroxylation is 1. The van der Waals surface area contributed by atoms with Crippen LogP contribution in [0.25, 0.3) is 11.1 Å². The highest BCUT2D eigenvalue weighted by Gasteiger charge is 2.21. The van der Waals surface area contributed by atoms with Crippen molar-refractivity contribution in [3.05, 3.63) is 66.1 Å². The number of hydrogen-bond acceptors (Lipinski definition) is 11. The summed E-state index contributed by atoms with van der Waals surface area (Å²) < 4.78 is 29.5. The average Bonchev–Trinajstić information content (AvgIpc) is 3.55. The van der Waals surface area contributed by atoms with E-state index in [9.17, 15) is 4.39 Å². The molecule has 0 atom stereocenters. The molecular weight excluding hydrogens is 513 g/mol. The highest BCUT2D eigenvalue weighted by molar-refractivity contribution is 7.99. The molecule has 2 N–H and O–H groups in total. The highest BCUT2D eigenvalue weighted by atomic mass is 32.2. The third kappa shape index (κ3) is 5.26. The molecule has 0 unspecified atom stereocenters. The molecule has 188 valence electrons. The maximum atomic E-state index is 13.5. The molecule has 1 saturated heterocycles. The Bertz CT molecular complexity index is 1530. The number of nitrogens with zero attached hydrogens (tertiary/aromatic N) is 5. The minimum Gasteiger partial charge on any atom is -0.453 e. The number of halogens is 1. The molecule has 0 spiro atoms. The largest absolute Gasteiger partial charge is 0.453 e. The van der Waals surface area contributed by atoms with Gasteiger partial charge in [0.05, 0.1) is 11.1 Å². The Labute approximate surface area is 220 Å². The van der Waals surface area contributed by atoms with Crippen molar-refractivity contribution in [3.8, 4) is 11.5 Å². The van der Waals surface area contributed by atoms with Crippen molar-refractivity contribution in [2.45, 2.75) is 35.5 Å². The Morgan fingerprint density at radius 3 is 2.84 bits per heavy atom. The van der Waals surface area contributed by atoms with Crippen LogP contribution in [0.15, 0.2) is 63.1 Å². The number of benzene rings is 1. The van der Waals surface area contributed by atoms with E-state index in [0.717, 1.165) is 52.6 Å². The first-order chi connectivity index (χ1) is 18.1. The molecule has 1 aliphatic rings. The van der Waals surface area contributed by atoms with E-state index in [1.54, 1.807) is 24.5 Å². The Balaban J connectivity index is 1.30. The number of fused-ring (bicyclic) bond motifs is 1. The zero-order chi connectivity index (χ0) is 25.2.